The maximum absolute atomic E-state index is 13.0. The Morgan fingerprint density at radius 3 is 2.43 bits per heavy atom. The molecule has 1 aliphatic heterocycles. The third kappa shape index (κ3) is 5.05. The zero-order valence-corrected chi connectivity index (χ0v) is 19.6. The summed E-state index contributed by atoms with van der Waals surface area (Å²) in [6, 6.07) is 20.1. The molecule has 180 valence electrons. The first-order valence-electron chi connectivity index (χ1n) is 11.2. The number of methoxy groups -OCH3 is 1. The van der Waals surface area contributed by atoms with Crippen LogP contribution in [0.25, 0.3) is 5.76 Å². The van der Waals surface area contributed by atoms with Crippen LogP contribution in [0.1, 0.15) is 28.3 Å². The highest BCUT2D eigenvalue weighted by Gasteiger charge is 2.45. The van der Waals surface area contributed by atoms with Gasteiger partial charge in [-0.2, -0.15) is 0 Å². The number of hydrogen-bond acceptors (Lipinski definition) is 6. The number of aryl methyl sites for hydroxylation is 1. The number of aromatic hydroxyl groups is 1. The van der Waals surface area contributed by atoms with Gasteiger partial charge in [0.1, 0.15) is 23.9 Å². The first kappa shape index (κ1) is 24.0. The third-order valence-electron chi connectivity index (χ3n) is 6.05. The summed E-state index contributed by atoms with van der Waals surface area (Å²) in [4.78, 5) is 27.2. The van der Waals surface area contributed by atoms with Crippen LogP contribution in [0.4, 0.5) is 0 Å². The summed E-state index contributed by atoms with van der Waals surface area (Å²) in [5.41, 5.74) is 3.06. The highest BCUT2D eigenvalue weighted by atomic mass is 16.5. The molecule has 1 saturated heterocycles. The van der Waals surface area contributed by atoms with E-state index in [9.17, 15) is 19.8 Å². The van der Waals surface area contributed by atoms with Crippen LogP contribution in [-0.4, -0.2) is 47.1 Å². The number of nitrogens with zero attached hydrogens (tertiary/aromatic N) is 1. The quantitative estimate of drug-likeness (QED) is 0.287. The van der Waals surface area contributed by atoms with Crippen LogP contribution in [-0.2, 0) is 20.9 Å². The zero-order valence-electron chi connectivity index (χ0n) is 19.6. The van der Waals surface area contributed by atoms with E-state index in [-0.39, 0.29) is 30.2 Å². The second kappa shape index (κ2) is 10.4. The van der Waals surface area contributed by atoms with E-state index in [0.717, 1.165) is 11.1 Å². The monoisotopic (exact) mass is 473 g/mol. The molecule has 1 atom stereocenters. The standard InChI is InChI=1S/C28H27NO6/c1-18-6-3-4-7-21(18)17-35-23-12-10-19(11-13-23)26(31)24-25(20-8-5-9-22(30)16-20)29(14-15-34-2)28(33)27(24)32/h3-13,16,25,30-31H,14-15,17H2,1-2H3/b26-24+. The van der Waals surface area contributed by atoms with Crippen molar-refractivity contribution in [2.24, 2.45) is 0 Å². The van der Waals surface area contributed by atoms with Crippen molar-refractivity contribution >= 4 is 17.4 Å². The van der Waals surface area contributed by atoms with Crippen LogP contribution in [0.5, 0.6) is 11.5 Å². The molecule has 1 unspecified atom stereocenters. The van der Waals surface area contributed by atoms with Gasteiger partial charge in [-0.05, 0) is 60.0 Å². The summed E-state index contributed by atoms with van der Waals surface area (Å²) < 4.78 is 11.0. The Balaban J connectivity index is 1.65. The molecular formula is C28H27NO6. The number of ketones is 1. The van der Waals surface area contributed by atoms with Gasteiger partial charge in [0.15, 0.2) is 0 Å². The maximum Gasteiger partial charge on any atom is 0.295 e. The van der Waals surface area contributed by atoms with Crippen LogP contribution in [0.2, 0.25) is 0 Å². The van der Waals surface area contributed by atoms with Gasteiger partial charge in [-0.1, -0.05) is 36.4 Å². The summed E-state index contributed by atoms with van der Waals surface area (Å²) >= 11 is 0. The van der Waals surface area contributed by atoms with Crippen molar-refractivity contribution in [3.8, 4) is 11.5 Å². The van der Waals surface area contributed by atoms with Crippen molar-refractivity contribution < 1.29 is 29.3 Å². The van der Waals surface area contributed by atoms with E-state index in [0.29, 0.717) is 23.5 Å². The number of benzene rings is 3. The van der Waals surface area contributed by atoms with Gasteiger partial charge < -0.3 is 24.6 Å². The fraction of sp³-hybridized carbons (Fsp3) is 0.214. The van der Waals surface area contributed by atoms with Gasteiger partial charge in [0, 0.05) is 19.2 Å². The van der Waals surface area contributed by atoms with Gasteiger partial charge in [0.25, 0.3) is 11.7 Å². The van der Waals surface area contributed by atoms with Gasteiger partial charge in [0.05, 0.1) is 18.2 Å². The highest BCUT2D eigenvalue weighted by Crippen LogP contribution is 2.40. The number of amides is 1. The molecule has 1 aliphatic rings. The Kier molecular flexibility index (Phi) is 7.17. The number of Topliss-reactive ketones (excluding diaryl/α,β-unsaturated/α-hetero) is 1. The van der Waals surface area contributed by atoms with Gasteiger partial charge in [-0.25, -0.2) is 0 Å². The molecule has 0 radical (unpaired) electrons. The Hall–Kier alpha value is -4.10. The highest BCUT2D eigenvalue weighted by molar-refractivity contribution is 6.46. The lowest BCUT2D eigenvalue weighted by Gasteiger charge is -2.25. The normalized spacial score (nSPS) is 17.1. The van der Waals surface area contributed by atoms with E-state index in [1.807, 2.05) is 31.2 Å². The average Bonchev–Trinajstić information content (AvgIpc) is 3.12. The number of phenolic OH excluding ortho intramolecular Hbond substituents is 1. The topological polar surface area (TPSA) is 96.3 Å². The van der Waals surface area contributed by atoms with Crippen molar-refractivity contribution in [2.75, 3.05) is 20.3 Å². The lowest BCUT2D eigenvalue weighted by atomic mass is 9.95. The van der Waals surface area contributed by atoms with Gasteiger partial charge in [0.2, 0.25) is 0 Å². The minimum absolute atomic E-state index is 0.00464. The van der Waals surface area contributed by atoms with Crippen LogP contribution in [0.15, 0.2) is 78.4 Å². The van der Waals surface area contributed by atoms with Crippen molar-refractivity contribution in [3.05, 3.63) is 101 Å². The van der Waals surface area contributed by atoms with E-state index >= 15 is 0 Å². The lowest BCUT2D eigenvalue weighted by molar-refractivity contribution is -0.140. The number of aliphatic hydroxyl groups is 1. The lowest BCUT2D eigenvalue weighted by Crippen LogP contribution is -2.32. The average molecular weight is 474 g/mol. The van der Waals surface area contributed by atoms with Gasteiger partial charge in [-0.3, -0.25) is 9.59 Å². The molecule has 0 spiro atoms. The molecule has 0 aromatic heterocycles. The maximum atomic E-state index is 13.0. The van der Waals surface area contributed by atoms with Crippen molar-refractivity contribution in [3.63, 3.8) is 0 Å². The summed E-state index contributed by atoms with van der Waals surface area (Å²) in [5.74, 6) is -1.20. The second-order valence-corrected chi connectivity index (χ2v) is 8.32. The Bertz CT molecular complexity index is 1260. The van der Waals surface area contributed by atoms with E-state index in [1.165, 1.54) is 24.1 Å². The first-order chi connectivity index (χ1) is 16.9. The predicted molar refractivity (Wildman–Crippen MR) is 131 cm³/mol. The molecule has 2 N–H and O–H groups in total. The van der Waals surface area contributed by atoms with E-state index in [1.54, 1.807) is 36.4 Å². The van der Waals surface area contributed by atoms with Crippen LogP contribution < -0.4 is 4.74 Å². The molecule has 0 saturated carbocycles. The second-order valence-electron chi connectivity index (χ2n) is 8.32. The summed E-state index contributed by atoms with van der Waals surface area (Å²) in [7, 11) is 1.50. The summed E-state index contributed by atoms with van der Waals surface area (Å²) in [6.07, 6.45) is 0. The van der Waals surface area contributed by atoms with Crippen LogP contribution in [0.3, 0.4) is 0 Å². The molecule has 7 nitrogen and oxygen atoms in total. The van der Waals surface area contributed by atoms with Gasteiger partial charge >= 0.3 is 0 Å². The minimum atomic E-state index is -0.853. The zero-order chi connectivity index (χ0) is 24.9. The van der Waals surface area contributed by atoms with Crippen molar-refractivity contribution in [1.29, 1.82) is 0 Å². The van der Waals surface area contributed by atoms with E-state index in [2.05, 4.69) is 0 Å². The van der Waals surface area contributed by atoms with Gasteiger partial charge in [-0.15, -0.1) is 0 Å². The Morgan fingerprint density at radius 2 is 1.74 bits per heavy atom. The number of carbonyl (C=O) groups excluding carboxylic acids is 2. The molecule has 1 amide bonds. The number of aliphatic hydroxyl groups excluding tert-OH is 1. The number of phenols is 1. The first-order valence-corrected chi connectivity index (χ1v) is 11.2. The van der Waals surface area contributed by atoms with E-state index in [4.69, 9.17) is 9.47 Å². The fourth-order valence-electron chi connectivity index (χ4n) is 4.14. The van der Waals surface area contributed by atoms with Crippen molar-refractivity contribution in [1.82, 2.24) is 4.90 Å². The molecule has 3 aromatic carbocycles. The number of likely N-dealkylation sites (tertiary alicyclic amines) is 1. The fourth-order valence-corrected chi connectivity index (χ4v) is 4.14. The van der Waals surface area contributed by atoms with Crippen molar-refractivity contribution in [2.45, 2.75) is 19.6 Å². The number of ether oxygens (including phenoxy) is 2. The number of carbonyl (C=O) groups is 2. The summed E-state index contributed by atoms with van der Waals surface area (Å²) in [6.45, 7) is 2.80. The SMILES string of the molecule is COCCN1C(=O)C(=O)/C(=C(/O)c2ccc(OCc3ccccc3C)cc2)C1c1cccc(O)c1. The minimum Gasteiger partial charge on any atom is -0.508 e. The smallest absolute Gasteiger partial charge is 0.295 e. The molecule has 3 aromatic rings. The number of rotatable bonds is 8. The Morgan fingerprint density at radius 1 is 1.00 bits per heavy atom. The largest absolute Gasteiger partial charge is 0.508 e. The molecule has 1 heterocycles. The predicted octanol–water partition coefficient (Wildman–Crippen LogP) is 4.35. The molecule has 4 rings (SSSR count). The molecule has 7 heteroatoms. The van der Waals surface area contributed by atoms with Crippen LogP contribution >= 0.6 is 0 Å². The summed E-state index contributed by atoms with van der Waals surface area (Å²) in [5, 5.41) is 21.1. The molecule has 1 fully saturated rings. The third-order valence-corrected chi connectivity index (χ3v) is 6.05. The molecule has 35 heavy (non-hydrogen) atoms. The molecule has 0 bridgehead atoms. The molecular weight excluding hydrogens is 446 g/mol. The number of hydrogen-bond donors (Lipinski definition) is 2. The molecule has 0 aliphatic carbocycles. The Labute approximate surface area is 203 Å². The van der Waals surface area contributed by atoms with Crippen LogP contribution in [0, 0.1) is 6.92 Å². The van der Waals surface area contributed by atoms with E-state index < -0.39 is 17.7 Å².